The maximum absolute atomic E-state index is 12.6. The maximum atomic E-state index is 12.6. The Kier molecular flexibility index (Phi) is 5.07. The zero-order valence-electron chi connectivity index (χ0n) is 16.8. The second kappa shape index (κ2) is 7.66. The lowest BCUT2D eigenvalue weighted by atomic mass is 10.1. The number of amidine groups is 1. The molecule has 2 aromatic rings. The highest BCUT2D eigenvalue weighted by Crippen LogP contribution is 2.38. The highest BCUT2D eigenvalue weighted by atomic mass is 16.5. The number of rotatable bonds is 2. The Morgan fingerprint density at radius 1 is 1.11 bits per heavy atom. The molecule has 0 saturated carbocycles. The number of piperazine rings is 1. The average molecular weight is 377 g/mol. The van der Waals surface area contributed by atoms with Crippen molar-refractivity contribution in [2.24, 2.45) is 10.9 Å². The molecule has 1 amide bonds. The van der Waals surface area contributed by atoms with Gasteiger partial charge in [0.15, 0.2) is 5.75 Å². The fraction of sp³-hybridized carbons (Fsp3) is 0.391. The van der Waals surface area contributed by atoms with Crippen molar-refractivity contribution in [2.45, 2.75) is 33.2 Å². The van der Waals surface area contributed by atoms with Crippen LogP contribution in [0.2, 0.25) is 0 Å². The lowest BCUT2D eigenvalue weighted by Crippen LogP contribution is -2.55. The molecule has 5 heteroatoms. The number of carbonyl (C=O) groups is 1. The minimum atomic E-state index is 0.147. The van der Waals surface area contributed by atoms with Gasteiger partial charge in [-0.05, 0) is 37.1 Å². The molecule has 28 heavy (non-hydrogen) atoms. The van der Waals surface area contributed by atoms with Crippen molar-refractivity contribution < 1.29 is 9.53 Å². The lowest BCUT2D eigenvalue weighted by Gasteiger charge is -2.41. The first-order valence-corrected chi connectivity index (χ1v) is 10.0. The number of ether oxygens (including phenoxy) is 1. The lowest BCUT2D eigenvalue weighted by molar-refractivity contribution is -0.135. The number of benzene rings is 2. The Morgan fingerprint density at radius 2 is 1.82 bits per heavy atom. The van der Waals surface area contributed by atoms with E-state index in [1.54, 1.807) is 0 Å². The number of hydrogen-bond acceptors (Lipinski definition) is 4. The van der Waals surface area contributed by atoms with E-state index in [1.807, 2.05) is 47.4 Å². The van der Waals surface area contributed by atoms with Gasteiger partial charge in [-0.2, -0.15) is 0 Å². The molecule has 0 spiro atoms. The molecule has 1 saturated heterocycles. The summed E-state index contributed by atoms with van der Waals surface area (Å²) in [6.45, 7) is 8.55. The van der Waals surface area contributed by atoms with E-state index in [-0.39, 0.29) is 11.9 Å². The number of fused-ring (bicyclic) bond motifs is 2. The zero-order chi connectivity index (χ0) is 19.7. The Balaban J connectivity index is 1.64. The summed E-state index contributed by atoms with van der Waals surface area (Å²) in [7, 11) is 0. The van der Waals surface area contributed by atoms with E-state index in [2.05, 4.69) is 31.7 Å². The Morgan fingerprint density at radius 3 is 2.57 bits per heavy atom. The molecular weight excluding hydrogens is 350 g/mol. The summed E-state index contributed by atoms with van der Waals surface area (Å²) < 4.78 is 6.15. The summed E-state index contributed by atoms with van der Waals surface area (Å²) in [6.07, 6.45) is 0.606. The predicted octanol–water partition coefficient (Wildman–Crippen LogP) is 4.45. The molecule has 1 atom stereocenters. The molecule has 1 fully saturated rings. The summed E-state index contributed by atoms with van der Waals surface area (Å²) >= 11 is 0. The van der Waals surface area contributed by atoms with Crippen molar-refractivity contribution in [2.75, 3.05) is 19.6 Å². The van der Waals surface area contributed by atoms with Gasteiger partial charge >= 0.3 is 0 Å². The molecule has 2 aromatic carbocycles. The third kappa shape index (κ3) is 3.61. The van der Waals surface area contributed by atoms with Crippen molar-refractivity contribution >= 4 is 17.4 Å². The minimum Gasteiger partial charge on any atom is -0.454 e. The molecule has 5 nitrogen and oxygen atoms in total. The molecule has 0 aromatic heterocycles. The van der Waals surface area contributed by atoms with Gasteiger partial charge in [0.1, 0.15) is 17.3 Å². The molecule has 1 unspecified atom stereocenters. The maximum Gasteiger partial charge on any atom is 0.223 e. The van der Waals surface area contributed by atoms with Crippen LogP contribution in [0.5, 0.6) is 11.5 Å². The van der Waals surface area contributed by atoms with E-state index in [4.69, 9.17) is 9.73 Å². The van der Waals surface area contributed by atoms with Gasteiger partial charge in [0.2, 0.25) is 5.91 Å². The van der Waals surface area contributed by atoms with E-state index in [0.29, 0.717) is 12.3 Å². The standard InChI is InChI=1S/C23H27N3O2/c1-16(2)14-22(27)26-13-12-25(15-17(26)3)23-18-8-4-6-10-20(18)28-21-11-7-5-9-19(21)24-23/h4-11,16-17H,12-15H2,1-3H3. The smallest absolute Gasteiger partial charge is 0.223 e. The summed E-state index contributed by atoms with van der Waals surface area (Å²) in [4.78, 5) is 21.9. The molecule has 0 bridgehead atoms. The molecule has 2 aliphatic heterocycles. The van der Waals surface area contributed by atoms with Crippen LogP contribution < -0.4 is 4.74 Å². The number of para-hydroxylation sites is 3. The van der Waals surface area contributed by atoms with Gasteiger partial charge in [-0.1, -0.05) is 38.1 Å². The number of nitrogens with zero attached hydrogens (tertiary/aromatic N) is 3. The van der Waals surface area contributed by atoms with E-state index in [9.17, 15) is 4.79 Å². The van der Waals surface area contributed by atoms with Crippen LogP contribution in [0.15, 0.2) is 53.5 Å². The van der Waals surface area contributed by atoms with E-state index >= 15 is 0 Å². The van der Waals surface area contributed by atoms with E-state index in [0.717, 1.165) is 48.2 Å². The first kappa shape index (κ1) is 18.5. The van der Waals surface area contributed by atoms with Gasteiger partial charge in [0.05, 0.1) is 5.56 Å². The quantitative estimate of drug-likeness (QED) is 0.777. The molecule has 146 valence electrons. The highest BCUT2D eigenvalue weighted by Gasteiger charge is 2.31. The van der Waals surface area contributed by atoms with E-state index in [1.165, 1.54) is 0 Å². The van der Waals surface area contributed by atoms with Crippen LogP contribution in [0, 0.1) is 5.92 Å². The van der Waals surface area contributed by atoms with Gasteiger partial charge in [-0.3, -0.25) is 4.79 Å². The summed E-state index contributed by atoms with van der Waals surface area (Å²) in [6, 6.07) is 16.0. The number of carbonyl (C=O) groups excluding carboxylic acids is 1. The van der Waals surface area contributed by atoms with Gasteiger partial charge in [-0.15, -0.1) is 0 Å². The second-order valence-corrected chi connectivity index (χ2v) is 7.98. The molecule has 2 heterocycles. The topological polar surface area (TPSA) is 45.1 Å². The Labute approximate surface area is 166 Å². The summed E-state index contributed by atoms with van der Waals surface area (Å²) in [5.41, 5.74) is 1.83. The summed E-state index contributed by atoms with van der Waals surface area (Å²) in [5.74, 6) is 3.13. The first-order valence-electron chi connectivity index (χ1n) is 10.0. The minimum absolute atomic E-state index is 0.147. The number of aliphatic imine (C=N–C) groups is 1. The van der Waals surface area contributed by atoms with Crippen LogP contribution in [0.3, 0.4) is 0 Å². The average Bonchev–Trinajstić information content (AvgIpc) is 2.84. The summed E-state index contributed by atoms with van der Waals surface area (Å²) in [5, 5.41) is 0. The van der Waals surface area contributed by atoms with Gasteiger partial charge < -0.3 is 14.5 Å². The molecule has 4 rings (SSSR count). The fourth-order valence-electron chi connectivity index (χ4n) is 3.90. The van der Waals surface area contributed by atoms with Crippen molar-refractivity contribution in [3.8, 4) is 11.5 Å². The van der Waals surface area contributed by atoms with Gasteiger partial charge in [-0.25, -0.2) is 4.99 Å². The van der Waals surface area contributed by atoms with Crippen molar-refractivity contribution in [1.29, 1.82) is 0 Å². The van der Waals surface area contributed by atoms with Crippen LogP contribution in [-0.4, -0.2) is 47.2 Å². The largest absolute Gasteiger partial charge is 0.454 e. The highest BCUT2D eigenvalue weighted by molar-refractivity contribution is 6.03. The third-order valence-electron chi connectivity index (χ3n) is 5.27. The number of hydrogen-bond donors (Lipinski definition) is 0. The first-order chi connectivity index (χ1) is 13.5. The normalized spacial score (nSPS) is 18.7. The fourth-order valence-corrected chi connectivity index (χ4v) is 3.90. The van der Waals surface area contributed by atoms with Crippen LogP contribution in [0.1, 0.15) is 32.8 Å². The molecule has 0 radical (unpaired) electrons. The van der Waals surface area contributed by atoms with Crippen LogP contribution in [0.25, 0.3) is 0 Å². The third-order valence-corrected chi connectivity index (χ3v) is 5.27. The SMILES string of the molecule is CC(C)CC(=O)N1CCN(C2=Nc3ccccc3Oc3ccccc32)CC1C. The predicted molar refractivity (Wildman–Crippen MR) is 111 cm³/mol. The molecule has 2 aliphatic rings. The van der Waals surface area contributed by atoms with E-state index < -0.39 is 0 Å². The Bertz CT molecular complexity index is 906. The number of amides is 1. The van der Waals surface area contributed by atoms with Crippen LogP contribution in [-0.2, 0) is 4.79 Å². The van der Waals surface area contributed by atoms with Crippen LogP contribution >= 0.6 is 0 Å². The zero-order valence-corrected chi connectivity index (χ0v) is 16.8. The molecule has 0 aliphatic carbocycles. The molecular formula is C23H27N3O2. The van der Waals surface area contributed by atoms with Gasteiger partial charge in [0.25, 0.3) is 0 Å². The second-order valence-electron chi connectivity index (χ2n) is 7.98. The van der Waals surface area contributed by atoms with Crippen LogP contribution in [0.4, 0.5) is 5.69 Å². The van der Waals surface area contributed by atoms with Crippen molar-refractivity contribution in [3.05, 3.63) is 54.1 Å². The Hall–Kier alpha value is -2.82. The van der Waals surface area contributed by atoms with Gasteiger partial charge in [0, 0.05) is 32.1 Å². The monoisotopic (exact) mass is 377 g/mol. The van der Waals surface area contributed by atoms with Crippen molar-refractivity contribution in [1.82, 2.24) is 9.80 Å². The molecule has 0 N–H and O–H groups in total. The van der Waals surface area contributed by atoms with Crippen molar-refractivity contribution in [3.63, 3.8) is 0 Å².